The lowest BCUT2D eigenvalue weighted by atomic mass is 10.1. The van der Waals surface area contributed by atoms with Gasteiger partial charge >= 0.3 is 11.7 Å². The molecule has 2 aromatic rings. The Balaban J connectivity index is 2.05. The zero-order chi connectivity index (χ0) is 19.5. The average molecular weight is 423 g/mol. The summed E-state index contributed by atoms with van der Waals surface area (Å²) in [4.78, 5) is 23.3. The summed E-state index contributed by atoms with van der Waals surface area (Å²) >= 11 is 11.6. The van der Waals surface area contributed by atoms with Gasteiger partial charge in [0.05, 0.1) is 15.5 Å². The number of halogens is 4. The van der Waals surface area contributed by atoms with Crippen molar-refractivity contribution in [2.45, 2.75) is 10.7 Å². The molecule has 0 saturated heterocycles. The Morgan fingerprint density at radius 3 is 2.19 bits per heavy atom. The maximum atomic E-state index is 12.4. The molecule has 0 radical (unpaired) electrons. The van der Waals surface area contributed by atoms with Crippen molar-refractivity contribution in [3.05, 3.63) is 63.6 Å². The highest BCUT2D eigenvalue weighted by Gasteiger charge is 2.26. The summed E-state index contributed by atoms with van der Waals surface area (Å²) in [7, 11) is -4.75. The van der Waals surface area contributed by atoms with Crippen molar-refractivity contribution in [1.82, 2.24) is 0 Å². The van der Waals surface area contributed by atoms with E-state index in [1.165, 1.54) is 18.2 Å². The number of benzene rings is 2. The normalized spacial score (nSPS) is 11.4. The van der Waals surface area contributed by atoms with Gasteiger partial charge in [-0.2, -0.15) is 8.78 Å². The minimum atomic E-state index is -4.75. The Bertz CT molecular complexity index is 944. The second-order valence-corrected chi connectivity index (χ2v) is 7.71. The molecule has 0 N–H and O–H groups in total. The van der Waals surface area contributed by atoms with E-state index in [-0.39, 0.29) is 16.1 Å². The number of carbonyl (C=O) groups excluding carboxylic acids is 2. The smallest absolute Gasteiger partial charge is 0.341 e. The summed E-state index contributed by atoms with van der Waals surface area (Å²) in [5.41, 5.74) is 0.00969. The summed E-state index contributed by atoms with van der Waals surface area (Å²) in [5, 5.41) is 0.433. The van der Waals surface area contributed by atoms with Crippen LogP contribution in [0.2, 0.25) is 10.0 Å². The van der Waals surface area contributed by atoms with Crippen LogP contribution < -0.4 is 0 Å². The highest BCUT2D eigenvalue weighted by Crippen LogP contribution is 2.22. The van der Waals surface area contributed by atoms with Crippen molar-refractivity contribution in [2.24, 2.45) is 0 Å². The van der Waals surface area contributed by atoms with E-state index in [1.54, 1.807) is 0 Å². The number of sulfone groups is 1. The number of ether oxygens (including phenoxy) is 1. The van der Waals surface area contributed by atoms with Gasteiger partial charge in [0.2, 0.25) is 15.6 Å². The maximum Gasteiger partial charge on any atom is 0.341 e. The van der Waals surface area contributed by atoms with Crippen molar-refractivity contribution < 1.29 is 31.5 Å². The summed E-state index contributed by atoms with van der Waals surface area (Å²) in [6.45, 7) is -0.614. The fourth-order valence-electron chi connectivity index (χ4n) is 1.89. The SMILES string of the molecule is O=C(OCC(=O)c1ccc(Cl)cc1Cl)c1ccc(S(=O)(=O)C(F)F)cc1. The number of rotatable bonds is 6. The quantitative estimate of drug-likeness (QED) is 0.518. The summed E-state index contributed by atoms with van der Waals surface area (Å²) in [6, 6.07) is 7.93. The Morgan fingerprint density at radius 1 is 1.04 bits per heavy atom. The first kappa shape index (κ1) is 20.3. The Kier molecular flexibility index (Phi) is 6.33. The number of esters is 1. The van der Waals surface area contributed by atoms with Gasteiger partial charge in [-0.15, -0.1) is 0 Å². The first-order valence-corrected chi connectivity index (χ1v) is 9.20. The molecule has 138 valence electrons. The van der Waals surface area contributed by atoms with Gasteiger partial charge < -0.3 is 4.74 Å². The largest absolute Gasteiger partial charge is 0.454 e. The molecule has 0 aliphatic heterocycles. The van der Waals surface area contributed by atoms with Gasteiger partial charge in [-0.1, -0.05) is 23.2 Å². The standard InChI is InChI=1S/C16H10Cl2F2O5S/c17-10-3-6-12(13(18)7-10)14(21)8-25-15(22)9-1-4-11(5-2-9)26(23,24)16(19)20/h1-7,16H,8H2. The van der Waals surface area contributed by atoms with Crippen molar-refractivity contribution in [3.8, 4) is 0 Å². The summed E-state index contributed by atoms with van der Waals surface area (Å²) < 4.78 is 52.3. The van der Waals surface area contributed by atoms with E-state index in [4.69, 9.17) is 27.9 Å². The van der Waals surface area contributed by atoms with Crippen LogP contribution in [0.25, 0.3) is 0 Å². The molecule has 0 aliphatic carbocycles. The van der Waals surface area contributed by atoms with Gasteiger partial charge in [0.1, 0.15) is 0 Å². The molecule has 0 fully saturated rings. The number of Topliss-reactive ketones (excluding diaryl/α,β-unsaturated/α-hetero) is 1. The molecule has 10 heteroatoms. The zero-order valence-corrected chi connectivity index (χ0v) is 15.1. The third-order valence-electron chi connectivity index (χ3n) is 3.22. The van der Waals surface area contributed by atoms with Crippen molar-refractivity contribution in [1.29, 1.82) is 0 Å². The molecule has 2 rings (SSSR count). The molecule has 0 bridgehead atoms. The Hall–Kier alpha value is -2.03. The van der Waals surface area contributed by atoms with Gasteiger partial charge in [-0.25, -0.2) is 13.2 Å². The lowest BCUT2D eigenvalue weighted by molar-refractivity contribution is 0.0474. The van der Waals surface area contributed by atoms with E-state index in [0.29, 0.717) is 5.02 Å². The van der Waals surface area contributed by atoms with E-state index in [0.717, 1.165) is 24.3 Å². The lowest BCUT2D eigenvalue weighted by Gasteiger charge is -2.07. The van der Waals surface area contributed by atoms with E-state index in [1.807, 2.05) is 0 Å². The summed E-state index contributed by atoms with van der Waals surface area (Å²) in [5.74, 6) is -5.07. The predicted molar refractivity (Wildman–Crippen MR) is 90.7 cm³/mol. The molecule has 0 aliphatic rings. The van der Waals surface area contributed by atoms with Gasteiger partial charge in [-0.05, 0) is 42.5 Å². The molecule has 0 heterocycles. The monoisotopic (exact) mass is 422 g/mol. The molecular weight excluding hydrogens is 413 g/mol. The molecule has 0 amide bonds. The van der Waals surface area contributed by atoms with Gasteiger partial charge in [0.25, 0.3) is 0 Å². The van der Waals surface area contributed by atoms with E-state index < -0.39 is 38.8 Å². The Labute approximate surface area is 157 Å². The first-order valence-electron chi connectivity index (χ1n) is 6.90. The van der Waals surface area contributed by atoms with Gasteiger partial charge in [0.15, 0.2) is 6.61 Å². The molecule has 0 unspecified atom stereocenters. The van der Waals surface area contributed by atoms with Gasteiger partial charge in [0, 0.05) is 10.6 Å². The number of ketones is 1. The van der Waals surface area contributed by atoms with E-state index >= 15 is 0 Å². The van der Waals surface area contributed by atoms with Crippen molar-refractivity contribution >= 4 is 44.8 Å². The van der Waals surface area contributed by atoms with Crippen LogP contribution in [0.5, 0.6) is 0 Å². The number of carbonyl (C=O) groups is 2. The third-order valence-corrected chi connectivity index (χ3v) is 5.17. The van der Waals surface area contributed by atoms with Crippen LogP contribution in [-0.4, -0.2) is 32.5 Å². The number of hydrogen-bond acceptors (Lipinski definition) is 5. The highest BCUT2D eigenvalue weighted by molar-refractivity contribution is 7.91. The zero-order valence-electron chi connectivity index (χ0n) is 12.8. The Morgan fingerprint density at radius 2 is 1.65 bits per heavy atom. The lowest BCUT2D eigenvalue weighted by Crippen LogP contribution is -2.15. The number of alkyl halides is 2. The van der Waals surface area contributed by atoms with Crippen molar-refractivity contribution in [2.75, 3.05) is 6.61 Å². The van der Waals surface area contributed by atoms with Gasteiger partial charge in [-0.3, -0.25) is 4.79 Å². The molecule has 0 aromatic heterocycles. The molecule has 5 nitrogen and oxygen atoms in total. The molecule has 2 aromatic carbocycles. The van der Waals surface area contributed by atoms with Crippen LogP contribution in [0.4, 0.5) is 8.78 Å². The topological polar surface area (TPSA) is 77.5 Å². The molecule has 0 atom stereocenters. The number of hydrogen-bond donors (Lipinski definition) is 0. The van der Waals surface area contributed by atoms with E-state index in [9.17, 15) is 26.8 Å². The van der Waals surface area contributed by atoms with Crippen LogP contribution in [-0.2, 0) is 14.6 Å². The van der Waals surface area contributed by atoms with Crippen LogP contribution in [0, 0.1) is 0 Å². The van der Waals surface area contributed by atoms with Crippen LogP contribution in [0.15, 0.2) is 47.4 Å². The second kappa shape index (κ2) is 8.11. The molecule has 0 saturated carbocycles. The average Bonchev–Trinajstić information content (AvgIpc) is 2.59. The maximum absolute atomic E-state index is 12.4. The van der Waals surface area contributed by atoms with Crippen LogP contribution in [0.3, 0.4) is 0 Å². The molecule has 26 heavy (non-hydrogen) atoms. The minimum absolute atomic E-state index is 0.0973. The van der Waals surface area contributed by atoms with Crippen LogP contribution in [0.1, 0.15) is 20.7 Å². The molecular formula is C16H10Cl2F2O5S. The highest BCUT2D eigenvalue weighted by atomic mass is 35.5. The van der Waals surface area contributed by atoms with Crippen molar-refractivity contribution in [3.63, 3.8) is 0 Å². The molecule has 0 spiro atoms. The van der Waals surface area contributed by atoms with Crippen LogP contribution >= 0.6 is 23.2 Å². The predicted octanol–water partition coefficient (Wildman–Crippen LogP) is 4.03. The van der Waals surface area contributed by atoms with E-state index in [2.05, 4.69) is 0 Å². The second-order valence-electron chi connectivity index (χ2n) is 4.95. The first-order chi connectivity index (χ1) is 12.1. The third kappa shape index (κ3) is 4.57. The summed E-state index contributed by atoms with van der Waals surface area (Å²) in [6.07, 6.45) is 0. The minimum Gasteiger partial charge on any atom is -0.454 e. The fraction of sp³-hybridized carbons (Fsp3) is 0.125. The fourth-order valence-corrected chi connectivity index (χ4v) is 3.13.